The molecule has 1 saturated carbocycles. The van der Waals surface area contributed by atoms with Crippen molar-refractivity contribution in [3.05, 3.63) is 34.1 Å². The topological polar surface area (TPSA) is 84.2 Å². The second kappa shape index (κ2) is 8.42. The number of benzene rings is 1. The molecular weight excluding hydrogens is 384 g/mol. The summed E-state index contributed by atoms with van der Waals surface area (Å²) in [4.78, 5) is 45.0. The van der Waals surface area contributed by atoms with Gasteiger partial charge in [0.2, 0.25) is 11.5 Å². The SMILES string of the molecule is CCOC(=O)c1cn(C2CC2)c2cc(N3CCN(CC)CC3)c(N=C=O)cc2c1=O. The average Bonchev–Trinajstić information content (AvgIpc) is 3.60. The summed E-state index contributed by atoms with van der Waals surface area (Å²) in [5.74, 6) is -0.626. The number of hydrogen-bond donors (Lipinski definition) is 0. The maximum Gasteiger partial charge on any atom is 0.343 e. The normalized spacial score (nSPS) is 17.1. The van der Waals surface area contributed by atoms with Gasteiger partial charge in [-0.1, -0.05) is 6.92 Å². The summed E-state index contributed by atoms with van der Waals surface area (Å²) in [6.45, 7) is 8.53. The number of hydrogen-bond acceptors (Lipinski definition) is 7. The Morgan fingerprint density at radius 1 is 1.20 bits per heavy atom. The Morgan fingerprint density at radius 3 is 2.53 bits per heavy atom. The van der Waals surface area contributed by atoms with Crippen molar-refractivity contribution in [2.24, 2.45) is 4.99 Å². The standard InChI is InChI=1S/C22H26N4O4/c1-3-24-7-9-25(10-8-24)20-12-19-16(11-18(20)23-14-27)21(28)17(22(29)30-4-2)13-26(19)15-5-6-15/h11-13,15H,3-10H2,1-2H3. The molecule has 0 radical (unpaired) electrons. The van der Waals surface area contributed by atoms with E-state index in [2.05, 4.69) is 21.7 Å². The highest BCUT2D eigenvalue weighted by Gasteiger charge is 2.28. The molecule has 1 aliphatic heterocycles. The van der Waals surface area contributed by atoms with Gasteiger partial charge in [0, 0.05) is 43.8 Å². The van der Waals surface area contributed by atoms with Crippen LogP contribution in [0.15, 0.2) is 28.1 Å². The van der Waals surface area contributed by atoms with Crippen LogP contribution in [0.3, 0.4) is 0 Å². The van der Waals surface area contributed by atoms with E-state index < -0.39 is 11.4 Å². The smallest absolute Gasteiger partial charge is 0.343 e. The van der Waals surface area contributed by atoms with Gasteiger partial charge in [0.05, 0.1) is 17.8 Å². The molecule has 2 aliphatic rings. The molecule has 0 N–H and O–H groups in total. The molecule has 158 valence electrons. The fraction of sp³-hybridized carbons (Fsp3) is 0.500. The Bertz CT molecular complexity index is 1070. The molecule has 0 amide bonds. The van der Waals surface area contributed by atoms with Gasteiger partial charge < -0.3 is 19.1 Å². The fourth-order valence-corrected chi connectivity index (χ4v) is 4.08. The van der Waals surface area contributed by atoms with Crippen molar-refractivity contribution >= 4 is 34.3 Å². The molecule has 0 unspecified atom stereocenters. The van der Waals surface area contributed by atoms with Crippen LogP contribution in [0.1, 0.15) is 43.1 Å². The number of piperazine rings is 1. The number of fused-ring (bicyclic) bond motifs is 1. The highest BCUT2D eigenvalue weighted by molar-refractivity contribution is 5.96. The van der Waals surface area contributed by atoms with Gasteiger partial charge in [0.1, 0.15) is 11.3 Å². The first-order valence-corrected chi connectivity index (χ1v) is 10.5. The van der Waals surface area contributed by atoms with Gasteiger partial charge >= 0.3 is 5.97 Å². The number of anilines is 1. The first-order chi connectivity index (χ1) is 14.6. The molecule has 1 aliphatic carbocycles. The Labute approximate surface area is 174 Å². The van der Waals surface area contributed by atoms with Crippen LogP contribution in [-0.4, -0.2) is 60.8 Å². The van der Waals surface area contributed by atoms with Crippen LogP contribution in [0.4, 0.5) is 11.4 Å². The van der Waals surface area contributed by atoms with Crippen LogP contribution in [0, 0.1) is 0 Å². The lowest BCUT2D eigenvalue weighted by Crippen LogP contribution is -2.46. The van der Waals surface area contributed by atoms with E-state index in [4.69, 9.17) is 4.74 Å². The van der Waals surface area contributed by atoms with E-state index in [0.717, 1.165) is 56.8 Å². The fourth-order valence-electron chi connectivity index (χ4n) is 4.08. The van der Waals surface area contributed by atoms with Crippen LogP contribution in [0.5, 0.6) is 0 Å². The largest absolute Gasteiger partial charge is 0.462 e. The summed E-state index contributed by atoms with van der Waals surface area (Å²) in [6.07, 6.45) is 5.24. The van der Waals surface area contributed by atoms with E-state index in [9.17, 15) is 14.4 Å². The molecule has 2 fully saturated rings. The molecule has 30 heavy (non-hydrogen) atoms. The summed E-state index contributed by atoms with van der Waals surface area (Å²) in [5, 5.41) is 0.373. The zero-order valence-electron chi connectivity index (χ0n) is 17.4. The molecule has 8 nitrogen and oxygen atoms in total. The minimum absolute atomic E-state index is 0.0154. The molecule has 0 spiro atoms. The Kier molecular flexibility index (Phi) is 5.70. The van der Waals surface area contributed by atoms with E-state index in [1.807, 2.05) is 10.6 Å². The third kappa shape index (κ3) is 3.76. The van der Waals surface area contributed by atoms with E-state index in [0.29, 0.717) is 11.1 Å². The zero-order chi connectivity index (χ0) is 21.3. The third-order valence-corrected chi connectivity index (χ3v) is 5.89. The number of aliphatic imine (C=N–C) groups is 1. The Hall–Kier alpha value is -2.96. The monoisotopic (exact) mass is 410 g/mol. The number of likely N-dealkylation sites (N-methyl/N-ethyl adjacent to an activating group) is 1. The first kappa shape index (κ1) is 20.3. The lowest BCUT2D eigenvalue weighted by atomic mass is 10.1. The molecule has 1 aromatic heterocycles. The summed E-state index contributed by atoms with van der Waals surface area (Å²) in [6, 6.07) is 3.81. The van der Waals surface area contributed by atoms with E-state index in [1.165, 1.54) is 0 Å². The predicted molar refractivity (Wildman–Crippen MR) is 115 cm³/mol. The highest BCUT2D eigenvalue weighted by Crippen LogP contribution is 2.40. The lowest BCUT2D eigenvalue weighted by Gasteiger charge is -2.36. The Balaban J connectivity index is 1.88. The molecule has 4 rings (SSSR count). The summed E-state index contributed by atoms with van der Waals surface area (Å²) < 4.78 is 7.08. The number of aromatic nitrogens is 1. The summed E-state index contributed by atoms with van der Waals surface area (Å²) in [7, 11) is 0. The van der Waals surface area contributed by atoms with Crippen molar-refractivity contribution in [2.45, 2.75) is 32.7 Å². The van der Waals surface area contributed by atoms with Gasteiger partial charge in [0.15, 0.2) is 0 Å². The molecule has 1 aromatic carbocycles. The molecule has 8 heteroatoms. The minimum Gasteiger partial charge on any atom is -0.462 e. The van der Waals surface area contributed by atoms with E-state index in [1.54, 1.807) is 25.3 Å². The van der Waals surface area contributed by atoms with Crippen molar-refractivity contribution in [3.63, 3.8) is 0 Å². The number of pyridine rings is 1. The first-order valence-electron chi connectivity index (χ1n) is 10.5. The third-order valence-electron chi connectivity index (χ3n) is 5.89. The second-order valence-electron chi connectivity index (χ2n) is 7.71. The van der Waals surface area contributed by atoms with Gasteiger partial charge in [-0.2, -0.15) is 4.99 Å². The number of carbonyl (C=O) groups excluding carboxylic acids is 2. The number of nitrogens with zero attached hydrogens (tertiary/aromatic N) is 4. The Morgan fingerprint density at radius 2 is 1.93 bits per heavy atom. The summed E-state index contributed by atoms with van der Waals surface area (Å²) in [5.41, 5.74) is 1.60. The van der Waals surface area contributed by atoms with E-state index in [-0.39, 0.29) is 18.2 Å². The average molecular weight is 410 g/mol. The maximum absolute atomic E-state index is 13.1. The number of esters is 1. The number of carbonyl (C=O) groups is 1. The van der Waals surface area contributed by atoms with Gasteiger partial charge in [-0.3, -0.25) is 4.79 Å². The van der Waals surface area contributed by atoms with Crippen LogP contribution >= 0.6 is 0 Å². The molecule has 0 atom stereocenters. The number of isocyanates is 1. The van der Waals surface area contributed by atoms with Gasteiger partial charge in [-0.05, 0) is 38.4 Å². The number of rotatable bonds is 6. The molecule has 2 heterocycles. The highest BCUT2D eigenvalue weighted by atomic mass is 16.5. The molecule has 0 bridgehead atoms. The van der Waals surface area contributed by atoms with Crippen molar-refractivity contribution < 1.29 is 14.3 Å². The van der Waals surface area contributed by atoms with Crippen LogP contribution < -0.4 is 10.3 Å². The number of ether oxygens (including phenoxy) is 1. The lowest BCUT2D eigenvalue weighted by molar-refractivity contribution is 0.0524. The van der Waals surface area contributed by atoms with Crippen molar-refractivity contribution in [2.75, 3.05) is 44.2 Å². The van der Waals surface area contributed by atoms with Crippen LogP contribution in [0.2, 0.25) is 0 Å². The van der Waals surface area contributed by atoms with Crippen LogP contribution in [-0.2, 0) is 9.53 Å². The van der Waals surface area contributed by atoms with E-state index >= 15 is 0 Å². The van der Waals surface area contributed by atoms with Crippen molar-refractivity contribution in [1.82, 2.24) is 9.47 Å². The van der Waals surface area contributed by atoms with Crippen molar-refractivity contribution in [1.29, 1.82) is 0 Å². The van der Waals surface area contributed by atoms with Gasteiger partial charge in [0.25, 0.3) is 0 Å². The molecular formula is C22H26N4O4. The quantitative estimate of drug-likeness (QED) is 0.414. The van der Waals surface area contributed by atoms with Crippen LogP contribution in [0.25, 0.3) is 10.9 Å². The molecule has 2 aromatic rings. The minimum atomic E-state index is -0.626. The summed E-state index contributed by atoms with van der Waals surface area (Å²) >= 11 is 0. The van der Waals surface area contributed by atoms with Crippen molar-refractivity contribution in [3.8, 4) is 0 Å². The zero-order valence-corrected chi connectivity index (χ0v) is 17.4. The van der Waals surface area contributed by atoms with Gasteiger partial charge in [-0.25, -0.2) is 9.59 Å². The maximum atomic E-state index is 13.1. The second-order valence-corrected chi connectivity index (χ2v) is 7.71. The predicted octanol–water partition coefficient (Wildman–Crippen LogP) is 2.62. The molecule has 1 saturated heterocycles. The van der Waals surface area contributed by atoms with Gasteiger partial charge in [-0.15, -0.1) is 0 Å².